The van der Waals surface area contributed by atoms with Gasteiger partial charge >= 0.3 is 0 Å². The van der Waals surface area contributed by atoms with Gasteiger partial charge in [-0.05, 0) is 50.3 Å². The average Bonchev–Trinajstić information content (AvgIpc) is 2.80. The second-order valence-corrected chi connectivity index (χ2v) is 9.93. The van der Waals surface area contributed by atoms with E-state index in [1.807, 2.05) is 25.1 Å². The summed E-state index contributed by atoms with van der Waals surface area (Å²) in [6.45, 7) is 6.44. The number of hydrogen-bond acceptors (Lipinski definition) is 3. The van der Waals surface area contributed by atoms with Crippen LogP contribution in [0.3, 0.4) is 0 Å². The summed E-state index contributed by atoms with van der Waals surface area (Å²) >= 11 is 1.61. The lowest BCUT2D eigenvalue weighted by Crippen LogP contribution is -2.50. The van der Waals surface area contributed by atoms with E-state index in [1.165, 1.54) is 30.4 Å². The first-order chi connectivity index (χ1) is 15.4. The smallest absolute Gasteiger partial charge is 0.242 e. The van der Waals surface area contributed by atoms with Crippen molar-refractivity contribution in [2.45, 2.75) is 77.3 Å². The van der Waals surface area contributed by atoms with Crippen molar-refractivity contribution in [3.8, 4) is 0 Å². The maximum atomic E-state index is 13.3. The molecular weight excluding hydrogens is 416 g/mol. The molecule has 1 aliphatic carbocycles. The van der Waals surface area contributed by atoms with Gasteiger partial charge in [0.05, 0.1) is 5.75 Å². The van der Waals surface area contributed by atoms with E-state index in [-0.39, 0.29) is 17.9 Å². The zero-order chi connectivity index (χ0) is 22.9. The van der Waals surface area contributed by atoms with Crippen LogP contribution in [0.5, 0.6) is 0 Å². The lowest BCUT2D eigenvalue weighted by Gasteiger charge is -2.31. The van der Waals surface area contributed by atoms with E-state index in [9.17, 15) is 9.59 Å². The Hall–Kier alpha value is -2.27. The Balaban J connectivity index is 1.65. The minimum absolute atomic E-state index is 0.0108. The molecule has 32 heavy (non-hydrogen) atoms. The molecule has 3 rings (SSSR count). The lowest BCUT2D eigenvalue weighted by molar-refractivity contribution is -0.139. The van der Waals surface area contributed by atoms with Crippen LogP contribution in [0, 0.1) is 13.8 Å². The van der Waals surface area contributed by atoms with Gasteiger partial charge in [-0.25, -0.2) is 0 Å². The van der Waals surface area contributed by atoms with E-state index in [0.29, 0.717) is 12.3 Å². The third-order valence-electron chi connectivity index (χ3n) is 6.34. The van der Waals surface area contributed by atoms with Gasteiger partial charge in [0.25, 0.3) is 0 Å². The standard InChI is InChI=1S/C27H36N2O2S/c1-20-13-15-23(16-14-20)18-32-19-26(30)29(17-24-10-8-7-9-21(24)2)22(3)27(31)28-25-11-5-4-6-12-25/h7-10,13-16,22,25H,4-6,11-12,17-19H2,1-3H3,(H,28,31)/t22-/m1/s1. The number of nitrogens with zero attached hydrogens (tertiary/aromatic N) is 1. The second kappa shape index (κ2) is 12.1. The number of carbonyl (C=O) groups is 2. The van der Waals surface area contributed by atoms with E-state index in [2.05, 4.69) is 49.5 Å². The fourth-order valence-electron chi connectivity index (χ4n) is 4.15. The first-order valence-corrected chi connectivity index (χ1v) is 12.9. The van der Waals surface area contributed by atoms with Crippen molar-refractivity contribution in [3.05, 3.63) is 70.8 Å². The van der Waals surface area contributed by atoms with Crippen molar-refractivity contribution in [2.75, 3.05) is 5.75 Å². The van der Waals surface area contributed by atoms with Crippen LogP contribution in [-0.4, -0.2) is 34.6 Å². The van der Waals surface area contributed by atoms with Gasteiger partial charge in [-0.2, -0.15) is 0 Å². The molecule has 0 aliphatic heterocycles. The molecule has 0 bridgehead atoms. The third kappa shape index (κ3) is 7.13. The van der Waals surface area contributed by atoms with Gasteiger partial charge in [-0.1, -0.05) is 73.4 Å². The molecule has 0 radical (unpaired) electrons. The van der Waals surface area contributed by atoms with Crippen molar-refractivity contribution < 1.29 is 9.59 Å². The lowest BCUT2D eigenvalue weighted by atomic mass is 9.95. The van der Waals surface area contributed by atoms with E-state index >= 15 is 0 Å². The summed E-state index contributed by atoms with van der Waals surface area (Å²) < 4.78 is 0. The first-order valence-electron chi connectivity index (χ1n) is 11.7. The highest BCUT2D eigenvalue weighted by Crippen LogP contribution is 2.20. The monoisotopic (exact) mass is 452 g/mol. The first kappa shape index (κ1) is 24.4. The number of aryl methyl sites for hydroxylation is 2. The van der Waals surface area contributed by atoms with Crippen LogP contribution in [0.4, 0.5) is 0 Å². The highest BCUT2D eigenvalue weighted by molar-refractivity contribution is 7.99. The quantitative estimate of drug-likeness (QED) is 0.554. The summed E-state index contributed by atoms with van der Waals surface area (Å²) in [7, 11) is 0. The minimum atomic E-state index is -0.496. The molecule has 1 atom stereocenters. The normalized spacial score (nSPS) is 15.2. The highest BCUT2D eigenvalue weighted by atomic mass is 32.2. The van der Waals surface area contributed by atoms with Crippen molar-refractivity contribution in [1.29, 1.82) is 0 Å². The number of rotatable bonds is 9. The van der Waals surface area contributed by atoms with Gasteiger partial charge in [0.2, 0.25) is 11.8 Å². The van der Waals surface area contributed by atoms with Crippen LogP contribution >= 0.6 is 11.8 Å². The predicted octanol–water partition coefficient (Wildman–Crippen LogP) is 5.40. The average molecular weight is 453 g/mol. The Morgan fingerprint density at radius 3 is 2.41 bits per heavy atom. The number of carbonyl (C=O) groups excluding carboxylic acids is 2. The van der Waals surface area contributed by atoms with Gasteiger partial charge in [0.15, 0.2) is 0 Å². The van der Waals surface area contributed by atoms with Gasteiger partial charge < -0.3 is 10.2 Å². The zero-order valence-electron chi connectivity index (χ0n) is 19.6. The molecule has 0 saturated heterocycles. The molecule has 0 spiro atoms. The Morgan fingerprint density at radius 2 is 1.72 bits per heavy atom. The molecule has 2 aromatic rings. The molecule has 1 N–H and O–H groups in total. The zero-order valence-corrected chi connectivity index (χ0v) is 20.4. The number of benzene rings is 2. The van der Waals surface area contributed by atoms with Crippen molar-refractivity contribution in [1.82, 2.24) is 10.2 Å². The van der Waals surface area contributed by atoms with Crippen LogP contribution in [0.15, 0.2) is 48.5 Å². The highest BCUT2D eigenvalue weighted by Gasteiger charge is 2.28. The van der Waals surface area contributed by atoms with Crippen LogP contribution in [0.2, 0.25) is 0 Å². The SMILES string of the molecule is Cc1ccc(CSCC(=O)N(Cc2ccccc2C)[C@H](C)C(=O)NC2CCCCC2)cc1. The molecule has 0 unspecified atom stereocenters. The van der Waals surface area contributed by atoms with E-state index in [4.69, 9.17) is 0 Å². The van der Waals surface area contributed by atoms with Crippen LogP contribution in [0.25, 0.3) is 0 Å². The van der Waals surface area contributed by atoms with Crippen molar-refractivity contribution in [2.24, 2.45) is 0 Å². The Bertz CT molecular complexity index is 891. The molecule has 0 aromatic heterocycles. The Morgan fingerprint density at radius 1 is 1.03 bits per heavy atom. The van der Waals surface area contributed by atoms with Gasteiger partial charge in [0, 0.05) is 18.3 Å². The molecule has 172 valence electrons. The summed E-state index contributed by atoms with van der Waals surface area (Å²) in [5.74, 6) is 1.12. The molecule has 5 heteroatoms. The maximum absolute atomic E-state index is 13.3. The third-order valence-corrected chi connectivity index (χ3v) is 7.32. The number of amides is 2. The molecule has 1 saturated carbocycles. The molecule has 2 aromatic carbocycles. The van der Waals surface area contributed by atoms with E-state index in [1.54, 1.807) is 16.7 Å². The molecular formula is C27H36N2O2S. The maximum Gasteiger partial charge on any atom is 0.242 e. The van der Waals surface area contributed by atoms with E-state index in [0.717, 1.165) is 29.7 Å². The van der Waals surface area contributed by atoms with Gasteiger partial charge in [-0.3, -0.25) is 9.59 Å². The largest absolute Gasteiger partial charge is 0.352 e. The van der Waals surface area contributed by atoms with Gasteiger partial charge in [-0.15, -0.1) is 11.8 Å². The predicted molar refractivity (Wildman–Crippen MR) is 134 cm³/mol. The second-order valence-electron chi connectivity index (χ2n) is 8.95. The molecule has 1 aliphatic rings. The summed E-state index contributed by atoms with van der Waals surface area (Å²) in [6, 6.07) is 16.2. The topological polar surface area (TPSA) is 49.4 Å². The number of hydrogen-bond donors (Lipinski definition) is 1. The van der Waals surface area contributed by atoms with Crippen LogP contribution < -0.4 is 5.32 Å². The van der Waals surface area contributed by atoms with Gasteiger partial charge in [0.1, 0.15) is 6.04 Å². The Kier molecular flexibility index (Phi) is 9.22. The summed E-state index contributed by atoms with van der Waals surface area (Å²) in [4.78, 5) is 28.1. The summed E-state index contributed by atoms with van der Waals surface area (Å²) in [5, 5.41) is 3.20. The number of thioether (sulfide) groups is 1. The molecule has 2 amide bonds. The molecule has 4 nitrogen and oxygen atoms in total. The molecule has 1 fully saturated rings. The van der Waals surface area contributed by atoms with Crippen LogP contribution in [0.1, 0.15) is 61.3 Å². The van der Waals surface area contributed by atoms with Crippen molar-refractivity contribution >= 4 is 23.6 Å². The summed E-state index contributed by atoms with van der Waals surface area (Å²) in [5.41, 5.74) is 4.66. The molecule has 0 heterocycles. The minimum Gasteiger partial charge on any atom is -0.352 e. The van der Waals surface area contributed by atoms with E-state index < -0.39 is 6.04 Å². The number of nitrogens with one attached hydrogen (secondary N) is 1. The fourth-order valence-corrected chi connectivity index (χ4v) is 5.02. The summed E-state index contributed by atoms with van der Waals surface area (Å²) in [6.07, 6.45) is 5.66. The Labute approximate surface area is 197 Å². The fraction of sp³-hybridized carbons (Fsp3) is 0.481. The van der Waals surface area contributed by atoms with Crippen molar-refractivity contribution in [3.63, 3.8) is 0 Å². The van der Waals surface area contributed by atoms with Crippen LogP contribution in [-0.2, 0) is 21.9 Å².